The van der Waals surface area contributed by atoms with Crippen molar-refractivity contribution >= 4 is 28.5 Å². The molecule has 0 saturated carbocycles. The molecule has 1 fully saturated rings. The first-order chi connectivity index (χ1) is 14.5. The molecule has 6 nitrogen and oxygen atoms in total. The van der Waals surface area contributed by atoms with E-state index in [1.54, 1.807) is 17.7 Å². The molecule has 1 N–H and O–H groups in total. The second kappa shape index (κ2) is 7.69. The molecule has 0 bridgehead atoms. The molecule has 0 atom stereocenters. The largest absolute Gasteiger partial charge is 0.573 e. The van der Waals surface area contributed by atoms with Crippen molar-refractivity contribution in [3.8, 4) is 5.75 Å². The molecule has 0 spiro atoms. The molecule has 0 amide bonds. The van der Waals surface area contributed by atoms with Crippen LogP contribution in [0.4, 0.5) is 17.6 Å². The van der Waals surface area contributed by atoms with Crippen LogP contribution in [0.3, 0.4) is 0 Å². The predicted molar refractivity (Wildman–Crippen MR) is 104 cm³/mol. The normalized spacial score (nSPS) is 15.3. The Bertz CT molecular complexity index is 1170. The van der Waals surface area contributed by atoms with Gasteiger partial charge in [0.1, 0.15) is 11.6 Å². The number of likely N-dealkylation sites (tertiary alicyclic amines) is 1. The van der Waals surface area contributed by atoms with E-state index < -0.39 is 23.7 Å². The van der Waals surface area contributed by atoms with E-state index >= 15 is 0 Å². The lowest BCUT2D eigenvalue weighted by Crippen LogP contribution is -2.47. The number of fused-ring (bicyclic) bond motifs is 1. The minimum Gasteiger partial charge on any atom is -0.478 e. The monoisotopic (exact) mass is 457 g/mol. The number of benzene rings is 2. The average Bonchev–Trinajstić information content (AvgIpc) is 2.90. The Kier molecular flexibility index (Phi) is 5.30. The first kappa shape index (κ1) is 21.4. The van der Waals surface area contributed by atoms with Crippen LogP contribution in [0.25, 0.3) is 10.9 Å². The standard InChI is InChI=1S/C20H16ClF4N3O3/c1-10-15-5-16(19(29)30)17(22)6-18(15)28(26-10)13-8-27(9-13)7-11-2-12(21)4-14(3-11)31-20(23,24)25/h2-6,13H,7-9H2,1H3,(H,29,30). The summed E-state index contributed by atoms with van der Waals surface area (Å²) in [7, 11) is 0. The van der Waals surface area contributed by atoms with Crippen LogP contribution >= 0.6 is 11.6 Å². The van der Waals surface area contributed by atoms with E-state index in [1.165, 1.54) is 18.2 Å². The molecule has 31 heavy (non-hydrogen) atoms. The number of hydrogen-bond donors (Lipinski definition) is 1. The highest BCUT2D eigenvalue weighted by atomic mass is 35.5. The van der Waals surface area contributed by atoms with Gasteiger partial charge >= 0.3 is 12.3 Å². The molecule has 4 rings (SSSR count). The van der Waals surface area contributed by atoms with Gasteiger partial charge in [-0.1, -0.05) is 11.6 Å². The predicted octanol–water partition coefficient (Wildman–Crippen LogP) is 4.79. The van der Waals surface area contributed by atoms with Crippen molar-refractivity contribution in [1.82, 2.24) is 14.7 Å². The molecule has 3 aromatic rings. The Hall–Kier alpha value is -2.85. The fraction of sp³-hybridized carbons (Fsp3) is 0.300. The summed E-state index contributed by atoms with van der Waals surface area (Å²) in [5.41, 5.74) is 1.22. The van der Waals surface area contributed by atoms with Crippen molar-refractivity contribution in [3.63, 3.8) is 0 Å². The maximum Gasteiger partial charge on any atom is 0.573 e. The topological polar surface area (TPSA) is 67.6 Å². The molecular weight excluding hydrogens is 442 g/mol. The molecule has 2 aromatic carbocycles. The van der Waals surface area contributed by atoms with Gasteiger partial charge in [0.05, 0.1) is 22.8 Å². The fourth-order valence-electron chi connectivity index (χ4n) is 3.74. The van der Waals surface area contributed by atoms with Crippen LogP contribution in [0.2, 0.25) is 5.02 Å². The lowest BCUT2D eigenvalue weighted by molar-refractivity contribution is -0.274. The molecule has 1 saturated heterocycles. The maximum absolute atomic E-state index is 14.2. The SMILES string of the molecule is Cc1nn(C2CN(Cc3cc(Cl)cc(OC(F)(F)F)c3)C2)c2cc(F)c(C(=O)O)cc12. The van der Waals surface area contributed by atoms with E-state index in [4.69, 9.17) is 16.7 Å². The Morgan fingerprint density at radius 2 is 1.97 bits per heavy atom. The number of rotatable bonds is 5. The summed E-state index contributed by atoms with van der Waals surface area (Å²) >= 11 is 5.91. The maximum atomic E-state index is 14.2. The number of carboxylic acid groups (broad SMARTS) is 1. The summed E-state index contributed by atoms with van der Waals surface area (Å²) in [6.07, 6.45) is -4.81. The van der Waals surface area contributed by atoms with E-state index in [0.29, 0.717) is 41.8 Å². The molecule has 164 valence electrons. The van der Waals surface area contributed by atoms with Crippen LogP contribution in [-0.4, -0.2) is 45.2 Å². The van der Waals surface area contributed by atoms with Gasteiger partial charge < -0.3 is 9.84 Å². The van der Waals surface area contributed by atoms with E-state index in [9.17, 15) is 22.4 Å². The first-order valence-corrected chi connectivity index (χ1v) is 9.57. The molecule has 0 unspecified atom stereocenters. The van der Waals surface area contributed by atoms with E-state index in [2.05, 4.69) is 9.84 Å². The lowest BCUT2D eigenvalue weighted by atomic mass is 10.1. The van der Waals surface area contributed by atoms with E-state index in [-0.39, 0.29) is 16.8 Å². The van der Waals surface area contributed by atoms with Crippen LogP contribution < -0.4 is 4.74 Å². The lowest BCUT2D eigenvalue weighted by Gasteiger charge is -2.39. The number of aromatic nitrogens is 2. The van der Waals surface area contributed by atoms with Crippen LogP contribution in [0.1, 0.15) is 27.7 Å². The Labute approximate surface area is 178 Å². The molecule has 1 aliphatic rings. The highest BCUT2D eigenvalue weighted by molar-refractivity contribution is 6.30. The minimum atomic E-state index is -4.81. The summed E-state index contributed by atoms with van der Waals surface area (Å²) in [6, 6.07) is 6.29. The van der Waals surface area contributed by atoms with Gasteiger partial charge in [-0.05, 0) is 36.8 Å². The quantitative estimate of drug-likeness (QED) is 0.558. The molecular formula is C20H16ClF4N3O3. The van der Waals surface area contributed by atoms with Gasteiger partial charge in [0.25, 0.3) is 0 Å². The minimum absolute atomic E-state index is 0.0867. The molecule has 11 heteroatoms. The third-order valence-electron chi connectivity index (χ3n) is 5.06. The second-order valence-electron chi connectivity index (χ2n) is 7.38. The van der Waals surface area contributed by atoms with E-state index in [1.807, 2.05) is 4.90 Å². The second-order valence-corrected chi connectivity index (χ2v) is 7.81. The first-order valence-electron chi connectivity index (χ1n) is 9.19. The Morgan fingerprint density at radius 3 is 2.61 bits per heavy atom. The fourth-order valence-corrected chi connectivity index (χ4v) is 3.99. The highest BCUT2D eigenvalue weighted by Gasteiger charge is 2.33. The van der Waals surface area contributed by atoms with Crippen molar-refractivity contribution < 1.29 is 32.2 Å². The van der Waals surface area contributed by atoms with Gasteiger partial charge in [0, 0.05) is 36.1 Å². The van der Waals surface area contributed by atoms with Crippen molar-refractivity contribution in [2.45, 2.75) is 25.9 Å². The zero-order valence-electron chi connectivity index (χ0n) is 16.1. The van der Waals surface area contributed by atoms with Crippen molar-refractivity contribution in [2.75, 3.05) is 13.1 Å². The van der Waals surface area contributed by atoms with Crippen LogP contribution in [0, 0.1) is 12.7 Å². The number of aromatic carboxylic acids is 1. The van der Waals surface area contributed by atoms with Crippen LogP contribution in [0.15, 0.2) is 30.3 Å². The molecule has 0 radical (unpaired) electrons. The Balaban J connectivity index is 1.49. The molecule has 1 aromatic heterocycles. The number of aryl methyl sites for hydroxylation is 1. The summed E-state index contributed by atoms with van der Waals surface area (Å²) in [6.45, 7) is 3.12. The number of carbonyl (C=O) groups is 1. The van der Waals surface area contributed by atoms with Gasteiger partial charge in [-0.2, -0.15) is 5.10 Å². The molecule has 0 aliphatic carbocycles. The molecule has 1 aliphatic heterocycles. The number of halogens is 5. The van der Waals surface area contributed by atoms with Crippen molar-refractivity contribution in [3.05, 3.63) is 58.0 Å². The van der Waals surface area contributed by atoms with Gasteiger partial charge in [-0.3, -0.25) is 9.58 Å². The summed E-state index contributed by atoms with van der Waals surface area (Å²) in [4.78, 5) is 13.1. The Morgan fingerprint density at radius 1 is 1.26 bits per heavy atom. The van der Waals surface area contributed by atoms with E-state index in [0.717, 1.165) is 6.07 Å². The number of alkyl halides is 3. The van der Waals surface area contributed by atoms with Crippen molar-refractivity contribution in [1.29, 1.82) is 0 Å². The smallest absolute Gasteiger partial charge is 0.478 e. The summed E-state index contributed by atoms with van der Waals surface area (Å²) in [5, 5.41) is 14.2. The number of hydrogen-bond acceptors (Lipinski definition) is 4. The average molecular weight is 458 g/mol. The zero-order valence-corrected chi connectivity index (χ0v) is 16.8. The third kappa shape index (κ3) is 4.45. The van der Waals surface area contributed by atoms with Gasteiger partial charge in [-0.25, -0.2) is 9.18 Å². The van der Waals surface area contributed by atoms with Crippen LogP contribution in [0.5, 0.6) is 5.75 Å². The molecule has 2 heterocycles. The third-order valence-corrected chi connectivity index (χ3v) is 5.28. The number of carboxylic acids is 1. The number of ether oxygens (including phenoxy) is 1. The summed E-state index contributed by atoms with van der Waals surface area (Å²) in [5.74, 6) is -2.57. The number of nitrogens with zero attached hydrogens (tertiary/aromatic N) is 3. The van der Waals surface area contributed by atoms with Gasteiger partial charge in [0.2, 0.25) is 0 Å². The van der Waals surface area contributed by atoms with Crippen molar-refractivity contribution in [2.24, 2.45) is 0 Å². The van der Waals surface area contributed by atoms with Gasteiger partial charge in [0.15, 0.2) is 0 Å². The highest BCUT2D eigenvalue weighted by Crippen LogP contribution is 2.32. The van der Waals surface area contributed by atoms with Crippen LogP contribution in [-0.2, 0) is 6.54 Å². The van der Waals surface area contributed by atoms with Gasteiger partial charge in [-0.15, -0.1) is 13.2 Å². The zero-order chi connectivity index (χ0) is 22.5. The summed E-state index contributed by atoms with van der Waals surface area (Å²) < 4.78 is 57.2.